The average Bonchev–Trinajstić information content (AvgIpc) is 3.00. The molecule has 0 unspecified atom stereocenters. The first-order valence-corrected chi connectivity index (χ1v) is 7.86. The van der Waals surface area contributed by atoms with Crippen molar-refractivity contribution in [2.45, 2.75) is 6.16 Å². The van der Waals surface area contributed by atoms with Gasteiger partial charge in [-0.05, 0) is 30.7 Å². The van der Waals surface area contributed by atoms with Crippen LogP contribution in [0.25, 0.3) is 0 Å². The zero-order chi connectivity index (χ0) is 12.9. The van der Waals surface area contributed by atoms with Gasteiger partial charge in [-0.25, -0.2) is 0 Å². The maximum absolute atomic E-state index is 5.52. The molecule has 1 heterocycles. The molecule has 0 radical (unpaired) electrons. The Hall–Kier alpha value is -1.85. The molecule has 0 aliphatic heterocycles. The molecule has 0 amide bonds. The van der Waals surface area contributed by atoms with E-state index in [-0.39, 0.29) is 0 Å². The van der Waals surface area contributed by atoms with Crippen LogP contribution in [-0.4, -0.2) is 0 Å². The second-order valence-corrected chi connectivity index (χ2v) is 6.54. The van der Waals surface area contributed by atoms with Gasteiger partial charge in [-0.1, -0.05) is 60.7 Å². The first kappa shape index (κ1) is 12.2. The van der Waals surface area contributed by atoms with Crippen LogP contribution in [0, 0.1) is 0 Å². The first-order chi connectivity index (χ1) is 9.43. The Morgan fingerprint density at radius 2 is 1.26 bits per heavy atom. The summed E-state index contributed by atoms with van der Waals surface area (Å²) in [5.74, 6) is 1.05. The van der Waals surface area contributed by atoms with Crippen molar-refractivity contribution >= 4 is 18.5 Å². The predicted molar refractivity (Wildman–Crippen MR) is 81.5 cm³/mol. The van der Waals surface area contributed by atoms with Crippen molar-refractivity contribution < 1.29 is 4.42 Å². The molecule has 2 heteroatoms. The zero-order valence-electron chi connectivity index (χ0n) is 10.6. The molecule has 3 aromatic rings. The molecule has 0 atom stereocenters. The van der Waals surface area contributed by atoms with Gasteiger partial charge in [-0.3, -0.25) is 0 Å². The highest BCUT2D eigenvalue weighted by molar-refractivity contribution is 7.72. The van der Waals surface area contributed by atoms with E-state index < -0.39 is 7.92 Å². The lowest BCUT2D eigenvalue weighted by molar-refractivity contribution is 0.530. The summed E-state index contributed by atoms with van der Waals surface area (Å²) >= 11 is 0. The Morgan fingerprint density at radius 3 is 1.74 bits per heavy atom. The highest BCUT2D eigenvalue weighted by Crippen LogP contribution is 2.37. The number of benzene rings is 2. The van der Waals surface area contributed by atoms with E-state index in [1.807, 2.05) is 6.07 Å². The van der Waals surface area contributed by atoms with Crippen LogP contribution in [0.4, 0.5) is 0 Å². The van der Waals surface area contributed by atoms with Crippen molar-refractivity contribution in [2.24, 2.45) is 0 Å². The van der Waals surface area contributed by atoms with E-state index in [0.29, 0.717) is 0 Å². The summed E-state index contributed by atoms with van der Waals surface area (Å²) in [7, 11) is -0.395. The number of furan rings is 1. The fourth-order valence-corrected chi connectivity index (χ4v) is 4.32. The fourth-order valence-electron chi connectivity index (χ4n) is 2.11. The lowest BCUT2D eigenvalue weighted by Gasteiger charge is -2.17. The summed E-state index contributed by atoms with van der Waals surface area (Å²) in [5, 5.41) is 2.78. The van der Waals surface area contributed by atoms with Gasteiger partial charge in [0.1, 0.15) is 5.76 Å². The van der Waals surface area contributed by atoms with E-state index >= 15 is 0 Å². The lowest BCUT2D eigenvalue weighted by atomic mass is 10.4. The van der Waals surface area contributed by atoms with Crippen LogP contribution in [0.1, 0.15) is 5.76 Å². The molecule has 1 aromatic heterocycles. The monoisotopic (exact) mass is 266 g/mol. The van der Waals surface area contributed by atoms with Crippen LogP contribution < -0.4 is 10.6 Å². The minimum absolute atomic E-state index is 0.395. The van der Waals surface area contributed by atoms with Crippen LogP contribution in [0.3, 0.4) is 0 Å². The molecule has 3 rings (SSSR count). The predicted octanol–water partition coefficient (Wildman–Crippen LogP) is 3.91. The Morgan fingerprint density at radius 1 is 0.684 bits per heavy atom. The van der Waals surface area contributed by atoms with Crippen LogP contribution in [0.15, 0.2) is 83.5 Å². The van der Waals surface area contributed by atoms with Crippen LogP contribution in [0.5, 0.6) is 0 Å². The van der Waals surface area contributed by atoms with E-state index in [2.05, 4.69) is 66.7 Å². The second kappa shape index (κ2) is 5.86. The van der Waals surface area contributed by atoms with E-state index in [0.717, 1.165) is 11.9 Å². The summed E-state index contributed by atoms with van der Waals surface area (Å²) in [6.45, 7) is 0. The van der Waals surface area contributed by atoms with Gasteiger partial charge in [0.15, 0.2) is 0 Å². The summed E-state index contributed by atoms with van der Waals surface area (Å²) in [5.41, 5.74) is 0. The molecule has 19 heavy (non-hydrogen) atoms. The molecule has 0 aliphatic rings. The summed E-state index contributed by atoms with van der Waals surface area (Å²) in [4.78, 5) is 0. The number of rotatable bonds is 4. The summed E-state index contributed by atoms with van der Waals surface area (Å²) in [6, 6.07) is 25.4. The van der Waals surface area contributed by atoms with E-state index in [1.54, 1.807) is 6.26 Å². The first-order valence-electron chi connectivity index (χ1n) is 6.33. The van der Waals surface area contributed by atoms with Crippen molar-refractivity contribution in [3.63, 3.8) is 0 Å². The molecule has 0 spiro atoms. The number of hydrogen-bond donors (Lipinski definition) is 0. The average molecular weight is 266 g/mol. The van der Waals surface area contributed by atoms with Crippen molar-refractivity contribution in [1.82, 2.24) is 0 Å². The Bertz CT molecular complexity index is 563. The summed E-state index contributed by atoms with van der Waals surface area (Å²) in [6.07, 6.45) is 2.70. The molecule has 0 saturated carbocycles. The second-order valence-electron chi connectivity index (χ2n) is 4.34. The Labute approximate surface area is 114 Å². The fraction of sp³-hybridized carbons (Fsp3) is 0.0588. The number of hydrogen-bond acceptors (Lipinski definition) is 1. The molecule has 0 bridgehead atoms. The third kappa shape index (κ3) is 2.94. The molecule has 0 fully saturated rings. The van der Waals surface area contributed by atoms with Crippen molar-refractivity contribution in [3.8, 4) is 0 Å². The standard InChI is InChI=1S/C17H15OP/c1-3-9-16(10-4-1)19(14-15-8-7-13-18-15)17-11-5-2-6-12-17/h1-13H,14H2. The van der Waals surface area contributed by atoms with Gasteiger partial charge in [-0.15, -0.1) is 0 Å². The Kier molecular flexibility index (Phi) is 3.76. The van der Waals surface area contributed by atoms with Crippen molar-refractivity contribution in [3.05, 3.63) is 84.8 Å². The molecule has 0 N–H and O–H groups in total. The largest absolute Gasteiger partial charge is 0.469 e. The third-order valence-electron chi connectivity index (χ3n) is 3.03. The SMILES string of the molecule is c1ccc(P(Cc2ccco2)c2ccccc2)cc1. The smallest absolute Gasteiger partial charge is 0.108 e. The third-order valence-corrected chi connectivity index (χ3v) is 5.50. The molecule has 2 aromatic carbocycles. The van der Waals surface area contributed by atoms with Gasteiger partial charge in [0.2, 0.25) is 0 Å². The quantitative estimate of drug-likeness (QED) is 0.652. The maximum atomic E-state index is 5.52. The van der Waals surface area contributed by atoms with Gasteiger partial charge in [0, 0.05) is 6.16 Å². The molecule has 1 nitrogen and oxygen atoms in total. The highest BCUT2D eigenvalue weighted by atomic mass is 31.1. The summed E-state index contributed by atoms with van der Waals surface area (Å²) < 4.78 is 5.52. The normalized spacial score (nSPS) is 10.8. The van der Waals surface area contributed by atoms with Gasteiger partial charge in [0.25, 0.3) is 0 Å². The van der Waals surface area contributed by atoms with E-state index in [4.69, 9.17) is 4.42 Å². The maximum Gasteiger partial charge on any atom is 0.108 e. The lowest BCUT2D eigenvalue weighted by Crippen LogP contribution is -2.12. The Balaban J connectivity index is 1.96. The molecular weight excluding hydrogens is 251 g/mol. The van der Waals surface area contributed by atoms with Gasteiger partial charge >= 0.3 is 0 Å². The van der Waals surface area contributed by atoms with Gasteiger partial charge < -0.3 is 4.42 Å². The molecule has 0 aliphatic carbocycles. The molecule has 94 valence electrons. The van der Waals surface area contributed by atoms with Crippen LogP contribution in [-0.2, 0) is 6.16 Å². The van der Waals surface area contributed by atoms with Gasteiger partial charge in [0.05, 0.1) is 6.26 Å². The van der Waals surface area contributed by atoms with Crippen LogP contribution in [0.2, 0.25) is 0 Å². The van der Waals surface area contributed by atoms with Crippen LogP contribution >= 0.6 is 7.92 Å². The van der Waals surface area contributed by atoms with Crippen molar-refractivity contribution in [1.29, 1.82) is 0 Å². The van der Waals surface area contributed by atoms with Crippen molar-refractivity contribution in [2.75, 3.05) is 0 Å². The topological polar surface area (TPSA) is 13.1 Å². The zero-order valence-corrected chi connectivity index (χ0v) is 11.5. The minimum atomic E-state index is -0.395. The molecular formula is C17H15OP. The minimum Gasteiger partial charge on any atom is -0.469 e. The molecule has 0 saturated heterocycles. The van der Waals surface area contributed by atoms with Gasteiger partial charge in [-0.2, -0.15) is 0 Å². The van der Waals surface area contributed by atoms with E-state index in [1.165, 1.54) is 10.6 Å². The highest BCUT2D eigenvalue weighted by Gasteiger charge is 2.15. The van der Waals surface area contributed by atoms with E-state index in [9.17, 15) is 0 Å².